The number of carbonyl (C=O) groups is 2. The van der Waals surface area contributed by atoms with Gasteiger partial charge in [-0.05, 0) is 70.0 Å². The van der Waals surface area contributed by atoms with Gasteiger partial charge in [0.2, 0.25) is 21.8 Å². The van der Waals surface area contributed by atoms with Gasteiger partial charge >= 0.3 is 0 Å². The Morgan fingerprint density at radius 1 is 1.11 bits per heavy atom. The number of aryl methyl sites for hydroxylation is 1. The SMILES string of the molecule is COc1ccc(CN(C(=O)CN(c2ccc(C)c(Cl)c2)S(C)(=O)=O)C(C)C(=O)NC(C)(C)C)cc1. The zero-order valence-electron chi connectivity index (χ0n) is 21.3. The zero-order valence-corrected chi connectivity index (χ0v) is 22.8. The third kappa shape index (κ3) is 8.14. The molecular weight excluding hydrogens is 490 g/mol. The highest BCUT2D eigenvalue weighted by atomic mass is 35.5. The Kier molecular flexibility index (Phi) is 9.19. The third-order valence-electron chi connectivity index (χ3n) is 5.30. The molecule has 2 amide bonds. The number of rotatable bonds is 9. The molecule has 2 aromatic rings. The molecule has 0 aromatic heterocycles. The van der Waals surface area contributed by atoms with Crippen LogP contribution in [0.3, 0.4) is 0 Å². The quantitative estimate of drug-likeness (QED) is 0.540. The molecule has 0 saturated heterocycles. The summed E-state index contributed by atoms with van der Waals surface area (Å²) in [7, 11) is -2.27. The molecule has 0 heterocycles. The van der Waals surface area contributed by atoms with E-state index in [-0.39, 0.29) is 18.1 Å². The number of benzene rings is 2. The molecule has 1 unspecified atom stereocenters. The molecule has 2 aromatic carbocycles. The van der Waals surface area contributed by atoms with E-state index in [4.69, 9.17) is 16.3 Å². The summed E-state index contributed by atoms with van der Waals surface area (Å²) >= 11 is 6.21. The van der Waals surface area contributed by atoms with Gasteiger partial charge in [0.05, 0.1) is 19.1 Å². The lowest BCUT2D eigenvalue weighted by Crippen LogP contribution is -2.54. The molecule has 0 aliphatic carbocycles. The van der Waals surface area contributed by atoms with Gasteiger partial charge in [-0.3, -0.25) is 13.9 Å². The standard InChI is InChI=1S/C25H34ClN3O5S/c1-17-8-11-20(14-22(17)26)29(35(7,32)33)16-23(30)28(18(2)24(31)27-25(3,4)5)15-19-9-12-21(34-6)13-10-19/h8-14,18H,15-16H2,1-7H3,(H,27,31). The normalized spacial score (nSPS) is 12.6. The first-order valence-corrected chi connectivity index (χ1v) is 13.3. The Morgan fingerprint density at radius 2 is 1.71 bits per heavy atom. The van der Waals surface area contributed by atoms with Crippen LogP contribution in [0, 0.1) is 6.92 Å². The van der Waals surface area contributed by atoms with Gasteiger partial charge < -0.3 is 15.0 Å². The lowest BCUT2D eigenvalue weighted by Gasteiger charge is -2.33. The molecule has 10 heteroatoms. The molecule has 0 aliphatic rings. The highest BCUT2D eigenvalue weighted by molar-refractivity contribution is 7.92. The number of nitrogens with zero attached hydrogens (tertiary/aromatic N) is 2. The Balaban J connectivity index is 2.42. The zero-order chi connectivity index (χ0) is 26.6. The van der Waals surface area contributed by atoms with Gasteiger partial charge in [0, 0.05) is 17.1 Å². The molecular formula is C25H34ClN3O5S. The van der Waals surface area contributed by atoms with Crippen molar-refractivity contribution in [1.82, 2.24) is 10.2 Å². The average Bonchev–Trinajstić information content (AvgIpc) is 2.75. The number of carbonyl (C=O) groups excluding carboxylic acids is 2. The number of anilines is 1. The Morgan fingerprint density at radius 3 is 2.20 bits per heavy atom. The monoisotopic (exact) mass is 523 g/mol. The van der Waals surface area contributed by atoms with Gasteiger partial charge in [-0.25, -0.2) is 8.42 Å². The predicted molar refractivity (Wildman–Crippen MR) is 139 cm³/mol. The molecule has 1 N–H and O–H groups in total. The number of amides is 2. The maximum Gasteiger partial charge on any atom is 0.244 e. The minimum absolute atomic E-state index is 0.105. The first kappa shape index (κ1) is 28.5. The molecule has 8 nitrogen and oxygen atoms in total. The van der Waals surface area contributed by atoms with E-state index in [1.54, 1.807) is 57.4 Å². The molecule has 1 atom stereocenters. The van der Waals surface area contributed by atoms with Crippen molar-refractivity contribution in [1.29, 1.82) is 0 Å². The topological polar surface area (TPSA) is 96.0 Å². The van der Waals surface area contributed by atoms with Crippen molar-refractivity contribution in [2.45, 2.75) is 52.7 Å². The summed E-state index contributed by atoms with van der Waals surface area (Å²) in [5.41, 5.74) is 1.31. The number of nitrogens with one attached hydrogen (secondary N) is 1. The third-order valence-corrected chi connectivity index (χ3v) is 6.85. The van der Waals surface area contributed by atoms with E-state index in [0.717, 1.165) is 21.7 Å². The van der Waals surface area contributed by atoms with E-state index in [2.05, 4.69) is 5.32 Å². The molecule has 2 rings (SSSR count). The van der Waals surface area contributed by atoms with E-state index in [0.29, 0.717) is 10.8 Å². The predicted octanol–water partition coefficient (Wildman–Crippen LogP) is 3.76. The van der Waals surface area contributed by atoms with E-state index in [1.165, 1.54) is 11.0 Å². The van der Waals surface area contributed by atoms with E-state index >= 15 is 0 Å². The maximum atomic E-state index is 13.5. The fraction of sp³-hybridized carbons (Fsp3) is 0.440. The second-order valence-electron chi connectivity index (χ2n) is 9.49. The lowest BCUT2D eigenvalue weighted by molar-refractivity contribution is -0.140. The fourth-order valence-electron chi connectivity index (χ4n) is 3.33. The molecule has 0 bridgehead atoms. The van der Waals surface area contributed by atoms with Crippen LogP contribution in [0.15, 0.2) is 42.5 Å². The van der Waals surface area contributed by atoms with Crippen molar-refractivity contribution in [3.63, 3.8) is 0 Å². The summed E-state index contributed by atoms with van der Waals surface area (Å²) in [6.07, 6.45) is 1.03. The Bertz CT molecular complexity index is 1160. The van der Waals surface area contributed by atoms with Crippen LogP contribution in [0.1, 0.15) is 38.8 Å². The van der Waals surface area contributed by atoms with Crippen LogP contribution >= 0.6 is 11.6 Å². The second kappa shape index (κ2) is 11.3. The lowest BCUT2D eigenvalue weighted by atomic mass is 10.1. The van der Waals surface area contributed by atoms with Crippen LogP contribution in [0.4, 0.5) is 5.69 Å². The number of methoxy groups -OCH3 is 1. The van der Waals surface area contributed by atoms with Crippen LogP contribution in [-0.2, 0) is 26.2 Å². The fourth-order valence-corrected chi connectivity index (χ4v) is 4.35. The van der Waals surface area contributed by atoms with Crippen LogP contribution in [0.25, 0.3) is 0 Å². The van der Waals surface area contributed by atoms with E-state index in [1.807, 2.05) is 20.8 Å². The molecule has 35 heavy (non-hydrogen) atoms. The summed E-state index contributed by atoms with van der Waals surface area (Å²) in [5, 5.41) is 3.27. The van der Waals surface area contributed by atoms with Crippen molar-refractivity contribution in [2.75, 3.05) is 24.2 Å². The second-order valence-corrected chi connectivity index (χ2v) is 11.8. The van der Waals surface area contributed by atoms with Gasteiger partial charge in [-0.15, -0.1) is 0 Å². The van der Waals surface area contributed by atoms with Crippen molar-refractivity contribution in [3.05, 3.63) is 58.6 Å². The number of hydrogen-bond donors (Lipinski definition) is 1. The molecule has 0 radical (unpaired) electrons. The summed E-state index contributed by atoms with van der Waals surface area (Å²) in [4.78, 5) is 27.9. The highest BCUT2D eigenvalue weighted by Gasteiger charge is 2.31. The van der Waals surface area contributed by atoms with Gasteiger partial charge in [0.15, 0.2) is 0 Å². The van der Waals surface area contributed by atoms with Crippen molar-refractivity contribution >= 4 is 39.1 Å². The Labute approximate surface area is 213 Å². The number of ether oxygens (including phenoxy) is 1. The number of sulfonamides is 1. The minimum atomic E-state index is -3.82. The molecule has 0 aliphatic heterocycles. The van der Waals surface area contributed by atoms with Gasteiger partial charge in [0.25, 0.3) is 0 Å². The van der Waals surface area contributed by atoms with Crippen LogP contribution in [0.5, 0.6) is 5.75 Å². The first-order valence-electron chi connectivity index (χ1n) is 11.1. The molecule has 0 spiro atoms. The Hall–Kier alpha value is -2.78. The molecule has 0 fully saturated rings. The number of halogens is 1. The highest BCUT2D eigenvalue weighted by Crippen LogP contribution is 2.25. The smallest absolute Gasteiger partial charge is 0.244 e. The first-order chi connectivity index (χ1) is 16.1. The van der Waals surface area contributed by atoms with E-state index < -0.39 is 34.1 Å². The summed E-state index contributed by atoms with van der Waals surface area (Å²) < 4.78 is 31.4. The average molecular weight is 524 g/mol. The summed E-state index contributed by atoms with van der Waals surface area (Å²) in [5.74, 6) is -0.215. The maximum absolute atomic E-state index is 13.5. The minimum Gasteiger partial charge on any atom is -0.497 e. The summed E-state index contributed by atoms with van der Waals surface area (Å²) in [6.45, 7) is 8.58. The van der Waals surface area contributed by atoms with Crippen molar-refractivity contribution in [3.8, 4) is 5.75 Å². The van der Waals surface area contributed by atoms with E-state index in [9.17, 15) is 18.0 Å². The summed E-state index contributed by atoms with van der Waals surface area (Å²) in [6, 6.07) is 11.0. The molecule has 192 valence electrons. The van der Waals surface area contributed by atoms with Crippen LogP contribution in [0.2, 0.25) is 5.02 Å². The number of hydrogen-bond acceptors (Lipinski definition) is 5. The van der Waals surface area contributed by atoms with Crippen molar-refractivity contribution in [2.24, 2.45) is 0 Å². The van der Waals surface area contributed by atoms with Crippen molar-refractivity contribution < 1.29 is 22.7 Å². The molecule has 0 saturated carbocycles. The largest absolute Gasteiger partial charge is 0.497 e. The van der Waals surface area contributed by atoms with Gasteiger partial charge in [-0.1, -0.05) is 29.8 Å². The van der Waals surface area contributed by atoms with Gasteiger partial charge in [-0.2, -0.15) is 0 Å². The van der Waals surface area contributed by atoms with Gasteiger partial charge in [0.1, 0.15) is 18.3 Å². The van der Waals surface area contributed by atoms with Crippen LogP contribution in [-0.4, -0.2) is 56.6 Å². The van der Waals surface area contributed by atoms with Crippen LogP contribution < -0.4 is 14.4 Å².